The summed E-state index contributed by atoms with van der Waals surface area (Å²) in [5, 5.41) is 7.78. The normalized spacial score (nSPS) is 19.8. The molecule has 1 saturated carbocycles. The predicted octanol–water partition coefficient (Wildman–Crippen LogP) is 2.96. The Balaban J connectivity index is 1.38. The Morgan fingerprint density at radius 3 is 2.78 bits per heavy atom. The van der Waals surface area contributed by atoms with E-state index in [0.29, 0.717) is 24.9 Å². The highest BCUT2D eigenvalue weighted by molar-refractivity contribution is 5.79. The second-order valence-corrected chi connectivity index (χ2v) is 7.36. The van der Waals surface area contributed by atoms with Crippen LogP contribution in [0.4, 0.5) is 10.2 Å². The third-order valence-electron chi connectivity index (χ3n) is 5.30. The van der Waals surface area contributed by atoms with Crippen LogP contribution < -0.4 is 5.32 Å². The van der Waals surface area contributed by atoms with Gasteiger partial charge in [-0.25, -0.2) is 9.37 Å². The van der Waals surface area contributed by atoms with Gasteiger partial charge in [-0.1, -0.05) is 0 Å². The molecule has 3 heterocycles. The van der Waals surface area contributed by atoms with Crippen molar-refractivity contribution in [2.24, 2.45) is 5.92 Å². The molecule has 5 rings (SSSR count). The lowest BCUT2D eigenvalue weighted by Crippen LogP contribution is -2.28. The molecule has 1 aliphatic carbocycles. The summed E-state index contributed by atoms with van der Waals surface area (Å²) in [6.45, 7) is 1.53. The summed E-state index contributed by atoms with van der Waals surface area (Å²) in [6, 6.07) is 10.5. The Morgan fingerprint density at radius 2 is 2.00 bits per heavy atom. The van der Waals surface area contributed by atoms with Gasteiger partial charge in [-0.2, -0.15) is 9.61 Å². The zero-order valence-electron chi connectivity index (χ0n) is 14.8. The van der Waals surface area contributed by atoms with Crippen LogP contribution in [0.25, 0.3) is 16.9 Å². The van der Waals surface area contributed by atoms with Gasteiger partial charge in [0.2, 0.25) is 5.91 Å². The molecule has 138 valence electrons. The zero-order chi connectivity index (χ0) is 18.4. The number of fused-ring (bicyclic) bond motifs is 1. The van der Waals surface area contributed by atoms with E-state index in [-0.39, 0.29) is 11.7 Å². The lowest BCUT2D eigenvalue weighted by molar-refractivity contribution is -0.128. The predicted molar refractivity (Wildman–Crippen MR) is 99.7 cm³/mol. The Bertz CT molecular complexity index is 995. The molecule has 1 saturated heterocycles. The van der Waals surface area contributed by atoms with Crippen LogP contribution in [0.2, 0.25) is 0 Å². The van der Waals surface area contributed by atoms with Crippen molar-refractivity contribution in [1.82, 2.24) is 19.5 Å². The van der Waals surface area contributed by atoms with Crippen molar-refractivity contribution >= 4 is 17.4 Å². The standard InChI is InChI=1S/C20H20FN5O/c21-15-3-1-14(2-4-15)17-10-19(26-18(24-17)7-8-23-26)22-11-13-9-20(27)25(12-13)16-5-6-16/h1-4,7-8,10,13,16,22H,5-6,9,11-12H2. The minimum atomic E-state index is -0.270. The third-order valence-corrected chi connectivity index (χ3v) is 5.30. The van der Waals surface area contributed by atoms with Gasteiger partial charge in [0.15, 0.2) is 5.65 Å². The van der Waals surface area contributed by atoms with Crippen LogP contribution in [-0.2, 0) is 4.79 Å². The SMILES string of the molecule is O=C1CC(CNc2cc(-c3ccc(F)cc3)nc3ccnn23)CN1C1CC1. The van der Waals surface area contributed by atoms with Crippen molar-refractivity contribution in [2.75, 3.05) is 18.4 Å². The second kappa shape index (κ2) is 6.33. The summed E-state index contributed by atoms with van der Waals surface area (Å²) in [7, 11) is 0. The second-order valence-electron chi connectivity index (χ2n) is 7.36. The Labute approximate surface area is 156 Å². The molecule has 0 radical (unpaired) electrons. The molecule has 27 heavy (non-hydrogen) atoms. The van der Waals surface area contributed by atoms with Crippen molar-refractivity contribution in [2.45, 2.75) is 25.3 Å². The monoisotopic (exact) mass is 365 g/mol. The van der Waals surface area contributed by atoms with Gasteiger partial charge in [-0.05, 0) is 37.1 Å². The molecular weight excluding hydrogens is 345 g/mol. The third kappa shape index (κ3) is 3.13. The molecule has 6 nitrogen and oxygen atoms in total. The number of nitrogens with one attached hydrogen (secondary N) is 1. The number of hydrogen-bond donors (Lipinski definition) is 1. The molecule has 3 aromatic rings. The van der Waals surface area contributed by atoms with Gasteiger partial charge in [0.25, 0.3) is 0 Å². The van der Waals surface area contributed by atoms with E-state index in [2.05, 4.69) is 15.4 Å². The first-order chi connectivity index (χ1) is 13.2. The number of carbonyl (C=O) groups excluding carboxylic acids is 1. The highest BCUT2D eigenvalue weighted by Gasteiger charge is 2.39. The first-order valence-electron chi connectivity index (χ1n) is 9.31. The minimum absolute atomic E-state index is 0.270. The van der Waals surface area contributed by atoms with Crippen LogP contribution in [0.15, 0.2) is 42.6 Å². The van der Waals surface area contributed by atoms with Crippen LogP contribution >= 0.6 is 0 Å². The number of likely N-dealkylation sites (tertiary alicyclic amines) is 1. The largest absolute Gasteiger partial charge is 0.370 e. The molecule has 0 bridgehead atoms. The number of amides is 1. The number of aromatic nitrogens is 3. The van der Waals surface area contributed by atoms with E-state index in [9.17, 15) is 9.18 Å². The fourth-order valence-electron chi connectivity index (χ4n) is 3.74. The summed E-state index contributed by atoms with van der Waals surface area (Å²) < 4.78 is 15.0. The number of carbonyl (C=O) groups is 1. The zero-order valence-corrected chi connectivity index (χ0v) is 14.8. The smallest absolute Gasteiger partial charge is 0.223 e. The summed E-state index contributed by atoms with van der Waals surface area (Å²) in [6.07, 6.45) is 4.59. The molecule has 2 aromatic heterocycles. The number of hydrogen-bond acceptors (Lipinski definition) is 4. The number of nitrogens with zero attached hydrogens (tertiary/aromatic N) is 4. The van der Waals surface area contributed by atoms with E-state index in [4.69, 9.17) is 0 Å². The fraction of sp³-hybridized carbons (Fsp3) is 0.350. The van der Waals surface area contributed by atoms with Gasteiger partial charge in [0.1, 0.15) is 11.6 Å². The average molecular weight is 365 g/mol. The van der Waals surface area contributed by atoms with Crippen molar-refractivity contribution in [3.63, 3.8) is 0 Å². The number of halogens is 1. The first kappa shape index (κ1) is 16.2. The molecule has 7 heteroatoms. The molecule has 1 N–H and O–H groups in total. The number of benzene rings is 1. The van der Waals surface area contributed by atoms with Gasteiger partial charge in [0.05, 0.1) is 11.9 Å². The molecule has 1 amide bonds. The van der Waals surface area contributed by atoms with Crippen LogP contribution in [0.3, 0.4) is 0 Å². The minimum Gasteiger partial charge on any atom is -0.370 e. The van der Waals surface area contributed by atoms with E-state index < -0.39 is 0 Å². The number of rotatable bonds is 5. The van der Waals surface area contributed by atoms with Gasteiger partial charge in [-0.15, -0.1) is 0 Å². The molecule has 2 aliphatic rings. The summed E-state index contributed by atoms with van der Waals surface area (Å²) >= 11 is 0. The quantitative estimate of drug-likeness (QED) is 0.755. The van der Waals surface area contributed by atoms with E-state index in [1.807, 2.05) is 17.0 Å². The maximum atomic E-state index is 13.2. The maximum absolute atomic E-state index is 13.2. The topological polar surface area (TPSA) is 62.5 Å². The Morgan fingerprint density at radius 1 is 1.19 bits per heavy atom. The highest BCUT2D eigenvalue weighted by atomic mass is 19.1. The molecule has 1 aromatic carbocycles. The first-order valence-corrected chi connectivity index (χ1v) is 9.31. The van der Waals surface area contributed by atoms with Crippen molar-refractivity contribution in [1.29, 1.82) is 0 Å². The van der Waals surface area contributed by atoms with Crippen LogP contribution in [-0.4, -0.2) is 44.5 Å². The van der Waals surface area contributed by atoms with Crippen molar-refractivity contribution in [3.05, 3.63) is 48.4 Å². The van der Waals surface area contributed by atoms with Crippen molar-refractivity contribution < 1.29 is 9.18 Å². The Kier molecular flexibility index (Phi) is 3.81. The lowest BCUT2D eigenvalue weighted by Gasteiger charge is -2.16. The van der Waals surface area contributed by atoms with Gasteiger partial charge in [-0.3, -0.25) is 4.79 Å². The summed E-state index contributed by atoms with van der Waals surface area (Å²) in [5.41, 5.74) is 2.33. The van der Waals surface area contributed by atoms with Gasteiger partial charge < -0.3 is 10.2 Å². The van der Waals surface area contributed by atoms with Crippen LogP contribution in [0.1, 0.15) is 19.3 Å². The molecule has 2 fully saturated rings. The van der Waals surface area contributed by atoms with E-state index in [0.717, 1.165) is 42.1 Å². The lowest BCUT2D eigenvalue weighted by atomic mass is 10.1. The van der Waals surface area contributed by atoms with E-state index in [1.165, 1.54) is 12.1 Å². The van der Waals surface area contributed by atoms with E-state index >= 15 is 0 Å². The average Bonchev–Trinajstić information content (AvgIpc) is 3.27. The molecule has 1 unspecified atom stereocenters. The fourth-order valence-corrected chi connectivity index (χ4v) is 3.74. The summed E-state index contributed by atoms with van der Waals surface area (Å²) in [4.78, 5) is 18.8. The van der Waals surface area contributed by atoms with Crippen LogP contribution in [0.5, 0.6) is 0 Å². The Hall–Kier alpha value is -2.96. The molecule has 0 spiro atoms. The van der Waals surface area contributed by atoms with Gasteiger partial charge in [0, 0.05) is 49.2 Å². The molecular formula is C20H20FN5O. The van der Waals surface area contributed by atoms with Crippen molar-refractivity contribution in [3.8, 4) is 11.3 Å². The summed E-state index contributed by atoms with van der Waals surface area (Å²) in [5.74, 6) is 1.12. The van der Waals surface area contributed by atoms with E-state index in [1.54, 1.807) is 22.8 Å². The number of anilines is 1. The maximum Gasteiger partial charge on any atom is 0.223 e. The van der Waals surface area contributed by atoms with Crippen LogP contribution in [0, 0.1) is 11.7 Å². The van der Waals surface area contributed by atoms with Gasteiger partial charge >= 0.3 is 0 Å². The molecule has 1 atom stereocenters. The highest BCUT2D eigenvalue weighted by Crippen LogP contribution is 2.32. The molecule has 1 aliphatic heterocycles.